The first-order valence-electron chi connectivity index (χ1n) is 5.63. The van der Waals surface area contributed by atoms with E-state index in [1.807, 2.05) is 0 Å². The number of nitrogens with one attached hydrogen (secondary N) is 1. The number of aliphatic hydroxyl groups excluding tert-OH is 1. The van der Waals surface area contributed by atoms with Crippen LogP contribution in [0, 0.1) is 0 Å². The number of rotatable bonds is 7. The van der Waals surface area contributed by atoms with Crippen molar-refractivity contribution in [3.8, 4) is 0 Å². The van der Waals surface area contributed by atoms with Gasteiger partial charge in [-0.3, -0.25) is 0 Å². The maximum Gasteiger partial charge on any atom is 0.241 e. The molecular formula is C11H17BrN2O3S. The van der Waals surface area contributed by atoms with Crippen molar-refractivity contribution in [2.75, 3.05) is 18.9 Å². The molecule has 0 saturated heterocycles. The van der Waals surface area contributed by atoms with Crippen molar-refractivity contribution in [2.24, 2.45) is 0 Å². The van der Waals surface area contributed by atoms with E-state index < -0.39 is 10.0 Å². The number of nitrogen functional groups attached to an aromatic ring is 1. The lowest BCUT2D eigenvalue weighted by atomic mass is 10.2. The van der Waals surface area contributed by atoms with E-state index >= 15 is 0 Å². The van der Waals surface area contributed by atoms with Crippen molar-refractivity contribution in [3.05, 3.63) is 22.7 Å². The molecule has 0 aliphatic heterocycles. The van der Waals surface area contributed by atoms with E-state index in [4.69, 9.17) is 10.8 Å². The van der Waals surface area contributed by atoms with Gasteiger partial charge in [-0.15, -0.1) is 0 Å². The highest BCUT2D eigenvalue weighted by atomic mass is 79.9. The van der Waals surface area contributed by atoms with Crippen molar-refractivity contribution in [1.82, 2.24) is 4.72 Å². The summed E-state index contributed by atoms with van der Waals surface area (Å²) in [6, 6.07) is 4.57. The Labute approximate surface area is 116 Å². The third-order valence-corrected chi connectivity index (χ3v) is 4.81. The molecule has 102 valence electrons. The number of halogens is 1. The molecule has 5 nitrogen and oxygen atoms in total. The van der Waals surface area contributed by atoms with E-state index in [9.17, 15) is 8.42 Å². The second kappa shape index (κ2) is 7.08. The Morgan fingerprint density at radius 1 is 1.28 bits per heavy atom. The quantitative estimate of drug-likeness (QED) is 0.519. The minimum absolute atomic E-state index is 0.135. The molecule has 7 heteroatoms. The maximum atomic E-state index is 12.0. The summed E-state index contributed by atoms with van der Waals surface area (Å²) in [6.07, 6.45) is 2.18. The second-order valence-electron chi connectivity index (χ2n) is 3.87. The average Bonchev–Trinajstić information content (AvgIpc) is 2.28. The first-order chi connectivity index (χ1) is 8.47. The third kappa shape index (κ3) is 4.56. The Kier molecular flexibility index (Phi) is 6.07. The Balaban J connectivity index is 2.63. The van der Waals surface area contributed by atoms with Crippen LogP contribution in [0.2, 0.25) is 0 Å². The van der Waals surface area contributed by atoms with Gasteiger partial charge < -0.3 is 10.8 Å². The van der Waals surface area contributed by atoms with Crippen LogP contribution in [0.25, 0.3) is 0 Å². The molecule has 0 aliphatic carbocycles. The lowest BCUT2D eigenvalue weighted by Gasteiger charge is -2.08. The summed E-state index contributed by atoms with van der Waals surface area (Å²) >= 11 is 3.18. The number of hydrogen-bond donors (Lipinski definition) is 3. The monoisotopic (exact) mass is 336 g/mol. The first-order valence-corrected chi connectivity index (χ1v) is 7.90. The summed E-state index contributed by atoms with van der Waals surface area (Å²) in [5.74, 6) is 0. The fraction of sp³-hybridized carbons (Fsp3) is 0.455. The SMILES string of the molecule is Nc1ccc(S(=O)(=O)NCCCCCO)c(Br)c1. The number of nitrogens with two attached hydrogens (primary N) is 1. The van der Waals surface area contributed by atoms with Gasteiger partial charge in [0.2, 0.25) is 10.0 Å². The van der Waals surface area contributed by atoms with Crippen LogP contribution in [0.1, 0.15) is 19.3 Å². The van der Waals surface area contributed by atoms with Crippen LogP contribution < -0.4 is 10.5 Å². The molecule has 0 spiro atoms. The topological polar surface area (TPSA) is 92.4 Å². The van der Waals surface area contributed by atoms with Crippen molar-refractivity contribution in [2.45, 2.75) is 24.2 Å². The first kappa shape index (κ1) is 15.4. The zero-order chi connectivity index (χ0) is 13.6. The van der Waals surface area contributed by atoms with Gasteiger partial charge in [-0.05, 0) is 53.4 Å². The van der Waals surface area contributed by atoms with Crippen LogP contribution in [-0.2, 0) is 10.0 Å². The number of hydrogen-bond acceptors (Lipinski definition) is 4. The number of sulfonamides is 1. The van der Waals surface area contributed by atoms with E-state index in [0.29, 0.717) is 29.5 Å². The molecule has 0 atom stereocenters. The van der Waals surface area contributed by atoms with E-state index in [0.717, 1.165) is 6.42 Å². The lowest BCUT2D eigenvalue weighted by Crippen LogP contribution is -2.25. The molecule has 18 heavy (non-hydrogen) atoms. The fourth-order valence-electron chi connectivity index (χ4n) is 1.43. The largest absolute Gasteiger partial charge is 0.399 e. The lowest BCUT2D eigenvalue weighted by molar-refractivity contribution is 0.283. The van der Waals surface area contributed by atoms with Gasteiger partial charge in [0.05, 0.1) is 4.90 Å². The standard InChI is InChI=1S/C11H17BrN2O3S/c12-10-8-9(13)4-5-11(10)18(16,17)14-6-2-1-3-7-15/h4-5,8,14-15H,1-3,6-7,13H2. The molecule has 1 rings (SSSR count). The molecule has 0 fully saturated rings. The maximum absolute atomic E-state index is 12.0. The molecule has 0 aliphatic rings. The minimum Gasteiger partial charge on any atom is -0.399 e. The number of unbranched alkanes of at least 4 members (excludes halogenated alkanes) is 2. The van der Waals surface area contributed by atoms with Crippen molar-refractivity contribution < 1.29 is 13.5 Å². The number of aliphatic hydroxyl groups is 1. The van der Waals surface area contributed by atoms with Gasteiger partial charge in [0.1, 0.15) is 0 Å². The van der Waals surface area contributed by atoms with Crippen LogP contribution in [0.4, 0.5) is 5.69 Å². The highest BCUT2D eigenvalue weighted by Crippen LogP contribution is 2.23. The smallest absolute Gasteiger partial charge is 0.241 e. The molecule has 0 bridgehead atoms. The molecule has 1 aromatic carbocycles. The summed E-state index contributed by atoms with van der Waals surface area (Å²) in [5.41, 5.74) is 6.06. The number of anilines is 1. The van der Waals surface area contributed by atoms with E-state index in [1.165, 1.54) is 6.07 Å². The van der Waals surface area contributed by atoms with Gasteiger partial charge >= 0.3 is 0 Å². The Morgan fingerprint density at radius 3 is 2.61 bits per heavy atom. The molecule has 0 radical (unpaired) electrons. The Hall–Kier alpha value is -0.630. The molecular weight excluding hydrogens is 320 g/mol. The zero-order valence-electron chi connectivity index (χ0n) is 9.89. The fourth-order valence-corrected chi connectivity index (χ4v) is 3.60. The molecule has 1 aromatic rings. The summed E-state index contributed by atoms with van der Waals surface area (Å²) in [4.78, 5) is 0.179. The van der Waals surface area contributed by atoms with Crippen molar-refractivity contribution in [1.29, 1.82) is 0 Å². The summed E-state index contributed by atoms with van der Waals surface area (Å²) in [7, 11) is -3.51. The molecule has 0 saturated carbocycles. The predicted molar refractivity (Wildman–Crippen MR) is 74.7 cm³/mol. The minimum atomic E-state index is -3.51. The highest BCUT2D eigenvalue weighted by molar-refractivity contribution is 9.10. The number of benzene rings is 1. The van der Waals surface area contributed by atoms with E-state index in [1.54, 1.807) is 12.1 Å². The van der Waals surface area contributed by atoms with Gasteiger partial charge in [0.15, 0.2) is 0 Å². The van der Waals surface area contributed by atoms with Crippen LogP contribution in [0.15, 0.2) is 27.6 Å². The molecule has 4 N–H and O–H groups in total. The highest BCUT2D eigenvalue weighted by Gasteiger charge is 2.16. The van der Waals surface area contributed by atoms with Gasteiger partial charge in [0, 0.05) is 23.3 Å². The Bertz CT molecular complexity index is 491. The summed E-state index contributed by atoms with van der Waals surface area (Å²) < 4.78 is 26.9. The van der Waals surface area contributed by atoms with E-state index in [-0.39, 0.29) is 11.5 Å². The molecule has 0 aromatic heterocycles. The van der Waals surface area contributed by atoms with E-state index in [2.05, 4.69) is 20.7 Å². The van der Waals surface area contributed by atoms with Crippen LogP contribution >= 0.6 is 15.9 Å². The summed E-state index contributed by atoms with van der Waals surface area (Å²) in [6.45, 7) is 0.495. The van der Waals surface area contributed by atoms with Gasteiger partial charge in [0.25, 0.3) is 0 Å². The van der Waals surface area contributed by atoms with Gasteiger partial charge in [-0.2, -0.15) is 0 Å². The Morgan fingerprint density at radius 2 is 2.00 bits per heavy atom. The van der Waals surface area contributed by atoms with Crippen LogP contribution in [0.3, 0.4) is 0 Å². The normalized spacial score (nSPS) is 11.7. The van der Waals surface area contributed by atoms with Gasteiger partial charge in [-0.1, -0.05) is 0 Å². The van der Waals surface area contributed by atoms with Crippen LogP contribution in [-0.4, -0.2) is 26.7 Å². The van der Waals surface area contributed by atoms with Crippen molar-refractivity contribution >= 4 is 31.6 Å². The molecule has 0 unspecified atom stereocenters. The predicted octanol–water partition coefficient (Wildman–Crippen LogP) is 1.47. The van der Waals surface area contributed by atoms with Crippen LogP contribution in [0.5, 0.6) is 0 Å². The van der Waals surface area contributed by atoms with Gasteiger partial charge in [-0.25, -0.2) is 13.1 Å². The molecule has 0 amide bonds. The summed E-state index contributed by atoms with van der Waals surface area (Å²) in [5, 5.41) is 8.61. The second-order valence-corrected chi connectivity index (χ2v) is 6.46. The average molecular weight is 337 g/mol. The third-order valence-electron chi connectivity index (χ3n) is 2.37. The zero-order valence-corrected chi connectivity index (χ0v) is 12.3. The van der Waals surface area contributed by atoms with Crippen molar-refractivity contribution in [3.63, 3.8) is 0 Å². The molecule has 0 heterocycles.